The van der Waals surface area contributed by atoms with Crippen LogP contribution in [0.25, 0.3) is 11.0 Å². The van der Waals surface area contributed by atoms with E-state index in [0.717, 1.165) is 41.8 Å². The standard InChI is InChI=1S/C27H34N4O3S/c1-3-20-7-6-8-22(17-20)29-27(32)21-13-15-30(16-14-21)35(33,34)24-11-12-26-25(18-24)28-19(2)31(26)23-9-4-5-10-23/h6-8,11-12,17-18,21,23H,3-5,9-10,13-16H2,1-2H3,(H,29,32). The monoisotopic (exact) mass is 494 g/mol. The molecule has 7 nitrogen and oxygen atoms in total. The van der Waals surface area contributed by atoms with Gasteiger partial charge in [-0.25, -0.2) is 13.4 Å². The molecule has 1 aromatic heterocycles. The Hall–Kier alpha value is -2.71. The summed E-state index contributed by atoms with van der Waals surface area (Å²) in [5, 5.41) is 3.00. The number of aromatic nitrogens is 2. The Morgan fingerprint density at radius 1 is 1.06 bits per heavy atom. The minimum atomic E-state index is -3.64. The van der Waals surface area contributed by atoms with E-state index in [-0.39, 0.29) is 16.7 Å². The smallest absolute Gasteiger partial charge is 0.243 e. The second kappa shape index (κ2) is 9.74. The SMILES string of the molecule is CCc1cccc(NC(=O)C2CCN(S(=O)(=O)c3ccc4c(c3)nc(C)n4C3CCCC3)CC2)c1. The van der Waals surface area contributed by atoms with Gasteiger partial charge in [-0.05, 0) is 74.9 Å². The fourth-order valence-electron chi connectivity index (χ4n) is 5.60. The summed E-state index contributed by atoms with van der Waals surface area (Å²) in [6, 6.07) is 13.6. The van der Waals surface area contributed by atoms with Crippen LogP contribution >= 0.6 is 0 Å². The highest BCUT2D eigenvalue weighted by atomic mass is 32.2. The van der Waals surface area contributed by atoms with Crippen molar-refractivity contribution in [1.82, 2.24) is 13.9 Å². The van der Waals surface area contributed by atoms with Gasteiger partial charge in [0.15, 0.2) is 0 Å². The van der Waals surface area contributed by atoms with Crippen molar-refractivity contribution < 1.29 is 13.2 Å². The summed E-state index contributed by atoms with van der Waals surface area (Å²) in [7, 11) is -3.64. The van der Waals surface area contributed by atoms with Crippen molar-refractivity contribution in [2.75, 3.05) is 18.4 Å². The van der Waals surface area contributed by atoms with E-state index in [0.29, 0.717) is 32.0 Å². The molecular weight excluding hydrogens is 460 g/mol. The number of hydrogen-bond acceptors (Lipinski definition) is 4. The summed E-state index contributed by atoms with van der Waals surface area (Å²) >= 11 is 0. The average molecular weight is 495 g/mol. The van der Waals surface area contributed by atoms with Crippen LogP contribution in [0.15, 0.2) is 47.4 Å². The fourth-order valence-corrected chi connectivity index (χ4v) is 7.09. The van der Waals surface area contributed by atoms with Crippen LogP contribution in [0.1, 0.15) is 62.9 Å². The number of imidazole rings is 1. The lowest BCUT2D eigenvalue weighted by molar-refractivity contribution is -0.120. The first kappa shape index (κ1) is 24.0. The van der Waals surface area contributed by atoms with Gasteiger partial charge in [0.05, 0.1) is 15.9 Å². The second-order valence-corrected chi connectivity index (χ2v) is 11.8. The summed E-state index contributed by atoms with van der Waals surface area (Å²) in [6.07, 6.45) is 6.70. The van der Waals surface area contributed by atoms with E-state index in [1.165, 1.54) is 22.7 Å². The highest BCUT2D eigenvalue weighted by Crippen LogP contribution is 2.34. The van der Waals surface area contributed by atoms with E-state index in [1.54, 1.807) is 12.1 Å². The van der Waals surface area contributed by atoms with Crippen LogP contribution in [0.5, 0.6) is 0 Å². The molecule has 0 atom stereocenters. The molecule has 186 valence electrons. The van der Waals surface area contributed by atoms with Crippen LogP contribution in [0, 0.1) is 12.8 Å². The molecule has 0 radical (unpaired) electrons. The van der Waals surface area contributed by atoms with Gasteiger partial charge in [0, 0.05) is 30.7 Å². The minimum Gasteiger partial charge on any atom is -0.326 e. The molecule has 0 unspecified atom stereocenters. The highest BCUT2D eigenvalue weighted by Gasteiger charge is 2.33. The van der Waals surface area contributed by atoms with Gasteiger partial charge in [0.2, 0.25) is 15.9 Å². The second-order valence-electron chi connectivity index (χ2n) is 9.84. The van der Waals surface area contributed by atoms with Crippen molar-refractivity contribution in [1.29, 1.82) is 0 Å². The molecule has 2 aromatic carbocycles. The van der Waals surface area contributed by atoms with Gasteiger partial charge in [-0.2, -0.15) is 4.31 Å². The lowest BCUT2D eigenvalue weighted by Gasteiger charge is -2.30. The predicted octanol–water partition coefficient (Wildman–Crippen LogP) is 5.06. The van der Waals surface area contributed by atoms with Gasteiger partial charge in [0.25, 0.3) is 0 Å². The number of fused-ring (bicyclic) bond motifs is 1. The minimum absolute atomic E-state index is 0.0374. The molecule has 1 N–H and O–H groups in total. The zero-order valence-electron chi connectivity index (χ0n) is 20.5. The number of nitrogens with one attached hydrogen (secondary N) is 1. The lowest BCUT2D eigenvalue weighted by Crippen LogP contribution is -2.41. The molecule has 2 aliphatic rings. The Kier molecular flexibility index (Phi) is 6.68. The molecule has 1 aliphatic carbocycles. The maximum atomic E-state index is 13.4. The van der Waals surface area contributed by atoms with E-state index in [4.69, 9.17) is 4.98 Å². The number of anilines is 1. The molecule has 2 fully saturated rings. The van der Waals surface area contributed by atoms with E-state index in [1.807, 2.05) is 37.3 Å². The molecule has 5 rings (SSSR count). The van der Waals surface area contributed by atoms with Gasteiger partial charge < -0.3 is 9.88 Å². The number of carbonyl (C=O) groups excluding carboxylic acids is 1. The van der Waals surface area contributed by atoms with Gasteiger partial charge in [-0.15, -0.1) is 0 Å². The zero-order chi connectivity index (χ0) is 24.6. The molecule has 0 bridgehead atoms. The Morgan fingerprint density at radius 2 is 1.80 bits per heavy atom. The third-order valence-electron chi connectivity index (χ3n) is 7.59. The molecule has 2 heterocycles. The van der Waals surface area contributed by atoms with Crippen LogP contribution in [0.2, 0.25) is 0 Å². The first-order chi connectivity index (χ1) is 16.9. The van der Waals surface area contributed by atoms with Crippen LogP contribution in [-0.2, 0) is 21.2 Å². The molecule has 35 heavy (non-hydrogen) atoms. The van der Waals surface area contributed by atoms with Crippen molar-refractivity contribution in [3.05, 3.63) is 53.9 Å². The Bertz CT molecular complexity index is 1330. The molecule has 3 aromatic rings. The van der Waals surface area contributed by atoms with Crippen molar-refractivity contribution in [3.63, 3.8) is 0 Å². The number of amides is 1. The summed E-state index contributed by atoms with van der Waals surface area (Å²) < 4.78 is 30.6. The number of nitrogens with zero attached hydrogens (tertiary/aromatic N) is 3. The van der Waals surface area contributed by atoms with E-state index in [2.05, 4.69) is 16.8 Å². The van der Waals surface area contributed by atoms with Crippen LogP contribution in [-0.4, -0.2) is 41.3 Å². The van der Waals surface area contributed by atoms with E-state index < -0.39 is 10.0 Å². The first-order valence-electron chi connectivity index (χ1n) is 12.8. The third kappa shape index (κ3) is 4.74. The quantitative estimate of drug-likeness (QED) is 0.519. The highest BCUT2D eigenvalue weighted by molar-refractivity contribution is 7.89. The van der Waals surface area contributed by atoms with Crippen LogP contribution in [0.4, 0.5) is 5.69 Å². The number of sulfonamides is 1. The first-order valence-corrected chi connectivity index (χ1v) is 14.2. The van der Waals surface area contributed by atoms with E-state index in [9.17, 15) is 13.2 Å². The third-order valence-corrected chi connectivity index (χ3v) is 9.49. The summed E-state index contributed by atoms with van der Waals surface area (Å²) in [6.45, 7) is 4.75. The van der Waals surface area contributed by atoms with Crippen molar-refractivity contribution in [2.24, 2.45) is 5.92 Å². The zero-order valence-corrected chi connectivity index (χ0v) is 21.4. The number of piperidine rings is 1. The maximum Gasteiger partial charge on any atom is 0.243 e. The number of aryl methyl sites for hydroxylation is 2. The maximum absolute atomic E-state index is 13.4. The van der Waals surface area contributed by atoms with Crippen molar-refractivity contribution in [3.8, 4) is 0 Å². The largest absolute Gasteiger partial charge is 0.326 e. The molecule has 1 saturated carbocycles. The van der Waals surface area contributed by atoms with Crippen LogP contribution in [0.3, 0.4) is 0 Å². The van der Waals surface area contributed by atoms with Gasteiger partial charge in [-0.3, -0.25) is 4.79 Å². The van der Waals surface area contributed by atoms with Gasteiger partial charge in [0.1, 0.15) is 5.82 Å². The summed E-state index contributed by atoms with van der Waals surface area (Å²) in [5.74, 6) is 0.710. The Balaban J connectivity index is 1.27. The van der Waals surface area contributed by atoms with Gasteiger partial charge >= 0.3 is 0 Å². The van der Waals surface area contributed by atoms with Gasteiger partial charge in [-0.1, -0.05) is 31.9 Å². The molecule has 1 saturated heterocycles. The number of benzene rings is 2. The topological polar surface area (TPSA) is 84.3 Å². The van der Waals surface area contributed by atoms with E-state index >= 15 is 0 Å². The summed E-state index contributed by atoms with van der Waals surface area (Å²) in [4.78, 5) is 17.8. The number of hydrogen-bond donors (Lipinski definition) is 1. The predicted molar refractivity (Wildman–Crippen MR) is 138 cm³/mol. The lowest BCUT2D eigenvalue weighted by atomic mass is 9.97. The fraction of sp³-hybridized carbons (Fsp3) is 0.481. The summed E-state index contributed by atoms with van der Waals surface area (Å²) in [5.41, 5.74) is 3.71. The molecular formula is C27H34N4O3S. The Labute approximate surface area is 207 Å². The molecule has 0 spiro atoms. The molecule has 1 aliphatic heterocycles. The average Bonchev–Trinajstić information content (AvgIpc) is 3.50. The number of rotatable bonds is 6. The molecule has 8 heteroatoms. The molecule has 1 amide bonds. The van der Waals surface area contributed by atoms with Crippen LogP contribution < -0.4 is 5.32 Å². The normalized spacial score (nSPS) is 18.3. The Morgan fingerprint density at radius 3 is 2.51 bits per heavy atom. The van der Waals surface area contributed by atoms with Crippen molar-refractivity contribution in [2.45, 2.75) is 69.7 Å². The number of carbonyl (C=O) groups is 1. The van der Waals surface area contributed by atoms with Crippen molar-refractivity contribution >= 4 is 32.7 Å².